The maximum atomic E-state index is 12.7. The van der Waals surface area contributed by atoms with E-state index in [1.54, 1.807) is 0 Å². The van der Waals surface area contributed by atoms with Crippen molar-refractivity contribution in [3.05, 3.63) is 20.8 Å². The molecule has 3 heterocycles. The standard InChI is InChI=1S/C12H16N4O6S/c1-2-3-15-10(20)6-9(14-23-13-6)16(12(15)21)11-8(19)7(18)5(4-17)22-11/h5,7-8,11,17-19H,2-4H2,1H3/t5-,7-,8-,11-/m1/s1. The third-order valence-electron chi connectivity index (χ3n) is 3.80. The van der Waals surface area contributed by atoms with Gasteiger partial charge in [-0.1, -0.05) is 6.92 Å². The van der Waals surface area contributed by atoms with E-state index in [0.717, 1.165) is 20.9 Å². The Hall–Kier alpha value is -1.66. The second-order valence-electron chi connectivity index (χ2n) is 5.27. The molecule has 2 aromatic heterocycles. The summed E-state index contributed by atoms with van der Waals surface area (Å²) < 4.78 is 15.2. The summed E-state index contributed by atoms with van der Waals surface area (Å²) in [4.78, 5) is 24.9. The summed E-state index contributed by atoms with van der Waals surface area (Å²) in [5.41, 5.74) is -1.26. The molecule has 0 unspecified atom stereocenters. The van der Waals surface area contributed by atoms with Crippen LogP contribution in [0.2, 0.25) is 0 Å². The van der Waals surface area contributed by atoms with Crippen molar-refractivity contribution in [2.75, 3.05) is 6.61 Å². The van der Waals surface area contributed by atoms with Gasteiger partial charge < -0.3 is 20.1 Å². The third kappa shape index (κ3) is 2.40. The highest BCUT2D eigenvalue weighted by molar-refractivity contribution is 7.00. The lowest BCUT2D eigenvalue weighted by Gasteiger charge is -2.19. The zero-order valence-electron chi connectivity index (χ0n) is 12.2. The summed E-state index contributed by atoms with van der Waals surface area (Å²) in [6, 6.07) is 0. The predicted molar refractivity (Wildman–Crippen MR) is 79.2 cm³/mol. The van der Waals surface area contributed by atoms with Gasteiger partial charge in [0.25, 0.3) is 5.56 Å². The Kier molecular flexibility index (Phi) is 4.29. The number of ether oxygens (including phenoxy) is 1. The summed E-state index contributed by atoms with van der Waals surface area (Å²) in [6.07, 6.45) is -4.54. The van der Waals surface area contributed by atoms with Crippen LogP contribution in [0.3, 0.4) is 0 Å². The van der Waals surface area contributed by atoms with Crippen LogP contribution in [0.5, 0.6) is 0 Å². The first-order chi connectivity index (χ1) is 11.0. The highest BCUT2D eigenvalue weighted by Crippen LogP contribution is 2.29. The number of fused-ring (bicyclic) bond motifs is 1. The number of hydrogen-bond donors (Lipinski definition) is 3. The average molecular weight is 344 g/mol. The van der Waals surface area contributed by atoms with Crippen molar-refractivity contribution in [1.82, 2.24) is 17.9 Å². The van der Waals surface area contributed by atoms with Crippen LogP contribution >= 0.6 is 11.7 Å². The normalized spacial score (nSPS) is 27.8. The molecule has 0 radical (unpaired) electrons. The molecule has 1 aliphatic heterocycles. The number of hydrogen-bond acceptors (Lipinski definition) is 9. The number of aliphatic hydroxyl groups excluding tert-OH is 3. The van der Waals surface area contributed by atoms with E-state index in [0.29, 0.717) is 6.42 Å². The number of aliphatic hydroxyl groups is 3. The summed E-state index contributed by atoms with van der Waals surface area (Å²) in [5, 5.41) is 29.2. The molecular formula is C12H16N4O6S. The van der Waals surface area contributed by atoms with Crippen molar-refractivity contribution < 1.29 is 20.1 Å². The van der Waals surface area contributed by atoms with Crippen molar-refractivity contribution in [3.63, 3.8) is 0 Å². The quantitative estimate of drug-likeness (QED) is 0.581. The summed E-state index contributed by atoms with van der Waals surface area (Å²) in [7, 11) is 0. The molecule has 0 saturated carbocycles. The zero-order chi connectivity index (χ0) is 16.7. The lowest BCUT2D eigenvalue weighted by molar-refractivity contribution is -0.0535. The molecule has 1 aliphatic rings. The molecule has 0 amide bonds. The van der Waals surface area contributed by atoms with E-state index in [2.05, 4.69) is 8.75 Å². The van der Waals surface area contributed by atoms with Crippen molar-refractivity contribution >= 4 is 22.9 Å². The van der Waals surface area contributed by atoms with Gasteiger partial charge in [0, 0.05) is 6.54 Å². The van der Waals surface area contributed by atoms with Crippen LogP contribution in [0.25, 0.3) is 11.2 Å². The maximum absolute atomic E-state index is 12.7. The molecule has 11 heteroatoms. The van der Waals surface area contributed by atoms with Crippen LogP contribution in [0.1, 0.15) is 19.6 Å². The molecule has 1 saturated heterocycles. The van der Waals surface area contributed by atoms with Gasteiger partial charge in [-0.05, 0) is 6.42 Å². The third-order valence-corrected chi connectivity index (χ3v) is 4.32. The highest BCUT2D eigenvalue weighted by atomic mass is 32.1. The highest BCUT2D eigenvalue weighted by Gasteiger charge is 2.45. The van der Waals surface area contributed by atoms with Crippen molar-refractivity contribution in [3.8, 4) is 0 Å². The van der Waals surface area contributed by atoms with Crippen LogP contribution in [-0.4, -0.2) is 58.1 Å². The first kappa shape index (κ1) is 16.2. The van der Waals surface area contributed by atoms with E-state index in [-0.39, 0.29) is 17.7 Å². The molecule has 23 heavy (non-hydrogen) atoms. The number of nitrogens with zero attached hydrogens (tertiary/aromatic N) is 4. The fourth-order valence-electron chi connectivity index (χ4n) is 2.66. The molecule has 10 nitrogen and oxygen atoms in total. The lowest BCUT2D eigenvalue weighted by Crippen LogP contribution is -2.44. The molecule has 2 aromatic rings. The smallest absolute Gasteiger partial charge is 0.335 e. The van der Waals surface area contributed by atoms with Crippen molar-refractivity contribution in [1.29, 1.82) is 0 Å². The first-order valence-electron chi connectivity index (χ1n) is 7.11. The van der Waals surface area contributed by atoms with E-state index in [1.165, 1.54) is 0 Å². The molecule has 3 rings (SSSR count). The van der Waals surface area contributed by atoms with Crippen LogP contribution in [0, 0.1) is 0 Å². The zero-order valence-corrected chi connectivity index (χ0v) is 13.0. The minimum absolute atomic E-state index is 0.000730. The fraction of sp³-hybridized carbons (Fsp3) is 0.667. The SMILES string of the molecule is CCCn1c(=O)c2nsnc2n([C@@H]2O[C@H](CO)[C@@H](O)[C@H]2O)c1=O. The largest absolute Gasteiger partial charge is 0.394 e. The maximum Gasteiger partial charge on any atom is 0.335 e. The van der Waals surface area contributed by atoms with E-state index in [9.17, 15) is 24.9 Å². The predicted octanol–water partition coefficient (Wildman–Crippen LogP) is -1.96. The van der Waals surface area contributed by atoms with Crippen molar-refractivity contribution in [2.24, 2.45) is 0 Å². The minimum Gasteiger partial charge on any atom is -0.394 e. The topological polar surface area (TPSA) is 140 Å². The van der Waals surface area contributed by atoms with E-state index >= 15 is 0 Å². The van der Waals surface area contributed by atoms with Gasteiger partial charge in [-0.25, -0.2) is 9.36 Å². The van der Waals surface area contributed by atoms with E-state index in [1.807, 2.05) is 6.92 Å². The second-order valence-corrected chi connectivity index (χ2v) is 5.80. The van der Waals surface area contributed by atoms with Crippen LogP contribution in [0.15, 0.2) is 9.59 Å². The molecule has 126 valence electrons. The average Bonchev–Trinajstić information content (AvgIpc) is 3.12. The Bertz CT molecular complexity index is 829. The molecule has 0 aliphatic carbocycles. The van der Waals surface area contributed by atoms with Crippen LogP contribution in [0.4, 0.5) is 0 Å². The van der Waals surface area contributed by atoms with Gasteiger partial charge in [0.2, 0.25) is 0 Å². The van der Waals surface area contributed by atoms with Gasteiger partial charge >= 0.3 is 5.69 Å². The summed E-state index contributed by atoms with van der Waals surface area (Å²) in [6.45, 7) is 1.47. The summed E-state index contributed by atoms with van der Waals surface area (Å²) >= 11 is 0.762. The second kappa shape index (κ2) is 6.09. The first-order valence-corrected chi connectivity index (χ1v) is 7.84. The molecular weight excluding hydrogens is 328 g/mol. The monoisotopic (exact) mass is 344 g/mol. The molecule has 0 aromatic carbocycles. The van der Waals surface area contributed by atoms with Gasteiger partial charge in [0.15, 0.2) is 17.4 Å². The van der Waals surface area contributed by atoms with Gasteiger partial charge in [0.05, 0.1) is 18.3 Å². The van der Waals surface area contributed by atoms with Crippen LogP contribution in [-0.2, 0) is 11.3 Å². The van der Waals surface area contributed by atoms with Gasteiger partial charge in [-0.2, -0.15) is 8.75 Å². The Balaban J connectivity index is 2.23. The Morgan fingerprint density at radius 2 is 2.00 bits per heavy atom. The molecule has 0 bridgehead atoms. The van der Waals surface area contributed by atoms with E-state index < -0.39 is 42.4 Å². The van der Waals surface area contributed by atoms with Crippen molar-refractivity contribution in [2.45, 2.75) is 44.4 Å². The lowest BCUT2D eigenvalue weighted by atomic mass is 10.1. The number of rotatable bonds is 4. The van der Waals surface area contributed by atoms with E-state index in [4.69, 9.17) is 4.74 Å². The molecule has 4 atom stereocenters. The molecule has 3 N–H and O–H groups in total. The Morgan fingerprint density at radius 1 is 1.26 bits per heavy atom. The van der Waals surface area contributed by atoms with Gasteiger partial charge in [-0.15, -0.1) is 0 Å². The Labute approximate surface area is 133 Å². The van der Waals surface area contributed by atoms with Gasteiger partial charge in [0.1, 0.15) is 18.3 Å². The fourth-order valence-corrected chi connectivity index (χ4v) is 3.19. The van der Waals surface area contributed by atoms with Crippen LogP contribution < -0.4 is 11.2 Å². The summed E-state index contributed by atoms with van der Waals surface area (Å²) in [5.74, 6) is 0. The minimum atomic E-state index is -1.44. The Morgan fingerprint density at radius 3 is 2.61 bits per heavy atom. The molecule has 0 spiro atoms. The number of aromatic nitrogens is 4. The van der Waals surface area contributed by atoms with Gasteiger partial charge in [-0.3, -0.25) is 9.36 Å². The molecule has 1 fully saturated rings.